The van der Waals surface area contributed by atoms with Gasteiger partial charge in [0.1, 0.15) is 5.69 Å². The van der Waals surface area contributed by atoms with Crippen LogP contribution in [-0.4, -0.2) is 47.2 Å². The van der Waals surface area contributed by atoms with Crippen LogP contribution in [0.3, 0.4) is 0 Å². The van der Waals surface area contributed by atoms with Crippen molar-refractivity contribution in [1.29, 1.82) is 0 Å². The molecule has 13 heteroatoms. The molecule has 2 N–H and O–H groups in total. The number of carbonyl (C=O) groups is 1. The number of ether oxygens (including phenoxy) is 1. The number of benzene rings is 2. The Kier molecular flexibility index (Phi) is 6.95. The lowest BCUT2D eigenvalue weighted by Gasteiger charge is -2.28. The van der Waals surface area contributed by atoms with Crippen molar-refractivity contribution in [2.75, 3.05) is 36.5 Å². The molecule has 1 aliphatic heterocycles. The average Bonchev–Trinajstić information content (AvgIpc) is 2.75. The van der Waals surface area contributed by atoms with E-state index in [1.54, 1.807) is 0 Å². The molecule has 1 saturated heterocycles. The summed E-state index contributed by atoms with van der Waals surface area (Å²) in [4.78, 5) is 35.6. The van der Waals surface area contributed by atoms with E-state index in [-0.39, 0.29) is 32.8 Å². The number of halogens is 1. The first-order valence-electron chi connectivity index (χ1n) is 8.93. The molecule has 0 spiro atoms. The number of thiocarbonyl (C=S) groups is 1. The molecule has 0 saturated carbocycles. The maximum absolute atomic E-state index is 12.5. The van der Waals surface area contributed by atoms with Crippen LogP contribution in [0.25, 0.3) is 0 Å². The Morgan fingerprint density at radius 2 is 1.81 bits per heavy atom. The molecule has 0 radical (unpaired) electrons. The number of nitrogens with one attached hydrogen (secondary N) is 2. The summed E-state index contributed by atoms with van der Waals surface area (Å²) in [6.07, 6.45) is 0. The van der Waals surface area contributed by atoms with E-state index in [0.717, 1.165) is 0 Å². The van der Waals surface area contributed by atoms with Crippen molar-refractivity contribution in [1.82, 2.24) is 5.32 Å². The van der Waals surface area contributed by atoms with E-state index in [2.05, 4.69) is 10.6 Å². The molecule has 162 valence electrons. The number of hydrogen-bond donors (Lipinski definition) is 2. The van der Waals surface area contributed by atoms with Gasteiger partial charge in [0.05, 0.1) is 33.8 Å². The zero-order valence-corrected chi connectivity index (χ0v) is 17.4. The molecule has 11 nitrogen and oxygen atoms in total. The lowest BCUT2D eigenvalue weighted by Crippen LogP contribution is -2.37. The fourth-order valence-electron chi connectivity index (χ4n) is 2.93. The van der Waals surface area contributed by atoms with Crippen LogP contribution in [0.1, 0.15) is 10.4 Å². The van der Waals surface area contributed by atoms with Gasteiger partial charge >= 0.3 is 0 Å². The molecular weight excluding hydrogens is 450 g/mol. The van der Waals surface area contributed by atoms with Gasteiger partial charge < -0.3 is 15.0 Å². The molecule has 1 amide bonds. The van der Waals surface area contributed by atoms with Crippen molar-refractivity contribution in [3.63, 3.8) is 0 Å². The summed E-state index contributed by atoms with van der Waals surface area (Å²) in [5.74, 6) is -0.685. The van der Waals surface area contributed by atoms with Gasteiger partial charge in [0.2, 0.25) is 0 Å². The second-order valence-electron chi connectivity index (χ2n) is 6.39. The Morgan fingerprint density at radius 3 is 2.45 bits per heavy atom. The van der Waals surface area contributed by atoms with E-state index in [9.17, 15) is 25.0 Å². The van der Waals surface area contributed by atoms with Gasteiger partial charge in [0, 0.05) is 36.9 Å². The van der Waals surface area contributed by atoms with E-state index >= 15 is 0 Å². The molecule has 0 aromatic heterocycles. The quantitative estimate of drug-likeness (QED) is 0.387. The predicted molar refractivity (Wildman–Crippen MR) is 118 cm³/mol. The molecule has 1 aliphatic rings. The van der Waals surface area contributed by atoms with Crippen LogP contribution in [-0.2, 0) is 4.74 Å². The summed E-state index contributed by atoms with van der Waals surface area (Å²) in [7, 11) is 0. The van der Waals surface area contributed by atoms with Crippen LogP contribution in [0, 0.1) is 20.2 Å². The molecule has 2 aromatic rings. The van der Waals surface area contributed by atoms with Crippen LogP contribution in [0.2, 0.25) is 5.02 Å². The first kappa shape index (κ1) is 22.3. The number of nitro benzene ring substituents is 2. The highest BCUT2D eigenvalue weighted by Gasteiger charge is 2.23. The minimum absolute atomic E-state index is 0.0259. The molecule has 0 bridgehead atoms. The Balaban J connectivity index is 1.75. The lowest BCUT2D eigenvalue weighted by molar-refractivity contribution is -0.384. The van der Waals surface area contributed by atoms with Gasteiger partial charge in [0.15, 0.2) is 5.11 Å². The molecule has 0 unspecified atom stereocenters. The normalized spacial score (nSPS) is 13.4. The Bertz CT molecular complexity index is 1060. The minimum atomic E-state index is -0.685. The van der Waals surface area contributed by atoms with Gasteiger partial charge in [0.25, 0.3) is 17.3 Å². The summed E-state index contributed by atoms with van der Waals surface area (Å²) in [5.41, 5.74) is 0.132. The Hall–Kier alpha value is -3.35. The van der Waals surface area contributed by atoms with Crippen molar-refractivity contribution < 1.29 is 19.4 Å². The van der Waals surface area contributed by atoms with Gasteiger partial charge in [-0.3, -0.25) is 30.3 Å². The van der Waals surface area contributed by atoms with Crippen LogP contribution in [0.15, 0.2) is 36.4 Å². The second kappa shape index (κ2) is 9.64. The topological polar surface area (TPSA) is 140 Å². The maximum Gasteiger partial charge on any atom is 0.293 e. The largest absolute Gasteiger partial charge is 0.378 e. The van der Waals surface area contributed by atoms with Gasteiger partial charge in [-0.05, 0) is 30.4 Å². The molecule has 0 aliphatic carbocycles. The monoisotopic (exact) mass is 465 g/mol. The van der Waals surface area contributed by atoms with Gasteiger partial charge in [-0.25, -0.2) is 0 Å². The zero-order valence-electron chi connectivity index (χ0n) is 15.9. The number of nitrogens with zero attached hydrogens (tertiary/aromatic N) is 3. The summed E-state index contributed by atoms with van der Waals surface area (Å²) in [5, 5.41) is 27.4. The first-order valence-corrected chi connectivity index (χ1v) is 9.72. The van der Waals surface area contributed by atoms with Gasteiger partial charge in [-0.2, -0.15) is 0 Å². The number of nitro groups is 2. The van der Waals surface area contributed by atoms with Gasteiger partial charge in [-0.15, -0.1) is 0 Å². The molecule has 31 heavy (non-hydrogen) atoms. The molecule has 1 heterocycles. The third kappa shape index (κ3) is 5.42. The molecule has 3 rings (SSSR count). The third-order valence-corrected chi connectivity index (χ3v) is 4.96. The van der Waals surface area contributed by atoms with Crippen LogP contribution < -0.4 is 15.5 Å². The first-order chi connectivity index (χ1) is 14.8. The van der Waals surface area contributed by atoms with E-state index in [1.165, 1.54) is 36.4 Å². The summed E-state index contributed by atoms with van der Waals surface area (Å²) in [6.45, 7) is 1.92. The lowest BCUT2D eigenvalue weighted by atomic mass is 10.1. The number of amides is 1. The van der Waals surface area contributed by atoms with Gasteiger partial charge in [-0.1, -0.05) is 11.6 Å². The van der Waals surface area contributed by atoms with Crippen molar-refractivity contribution in [2.24, 2.45) is 0 Å². The van der Waals surface area contributed by atoms with Crippen molar-refractivity contribution in [3.8, 4) is 0 Å². The number of hydrogen-bond acceptors (Lipinski definition) is 8. The Morgan fingerprint density at radius 1 is 1.10 bits per heavy atom. The average molecular weight is 466 g/mol. The highest BCUT2D eigenvalue weighted by Crippen LogP contribution is 2.30. The molecular formula is C18H16ClN5O6S. The van der Waals surface area contributed by atoms with Crippen LogP contribution >= 0.6 is 23.8 Å². The van der Waals surface area contributed by atoms with Crippen LogP contribution in [0.5, 0.6) is 0 Å². The smallest absolute Gasteiger partial charge is 0.293 e. The maximum atomic E-state index is 12.5. The fourth-order valence-corrected chi connectivity index (χ4v) is 3.30. The number of rotatable bonds is 5. The number of non-ortho nitro benzene ring substituents is 1. The SMILES string of the molecule is O=C(NC(=S)Nc1cc([N+](=O)[O-])ccc1Cl)c1ccc(N2CCOCC2)c([N+](=O)[O-])c1. The van der Waals surface area contributed by atoms with E-state index in [4.69, 9.17) is 28.6 Å². The second-order valence-corrected chi connectivity index (χ2v) is 7.20. The highest BCUT2D eigenvalue weighted by atomic mass is 35.5. The van der Waals surface area contributed by atoms with Crippen molar-refractivity contribution in [3.05, 3.63) is 67.2 Å². The third-order valence-electron chi connectivity index (χ3n) is 4.42. The molecule has 2 aromatic carbocycles. The summed E-state index contributed by atoms with van der Waals surface area (Å²) >= 11 is 11.1. The number of anilines is 2. The van der Waals surface area contributed by atoms with E-state index < -0.39 is 15.8 Å². The number of morpholine rings is 1. The molecule has 1 fully saturated rings. The van der Waals surface area contributed by atoms with Crippen molar-refractivity contribution in [2.45, 2.75) is 0 Å². The minimum Gasteiger partial charge on any atom is -0.378 e. The zero-order chi connectivity index (χ0) is 22.5. The summed E-state index contributed by atoms with van der Waals surface area (Å²) < 4.78 is 5.26. The predicted octanol–water partition coefficient (Wildman–Crippen LogP) is 3.12. The Labute approximate surface area is 186 Å². The van der Waals surface area contributed by atoms with Crippen molar-refractivity contribution >= 4 is 57.6 Å². The standard InChI is InChI=1S/C18H16ClN5O6S/c19-13-3-2-12(23(26)27)10-14(13)20-18(31)21-17(25)11-1-4-15(16(9-11)24(28)29)22-5-7-30-8-6-22/h1-4,9-10H,5-8H2,(H2,20,21,25,31). The number of carbonyl (C=O) groups excluding carboxylic acids is 1. The fraction of sp³-hybridized carbons (Fsp3) is 0.222. The van der Waals surface area contributed by atoms with E-state index in [0.29, 0.717) is 32.0 Å². The molecule has 0 atom stereocenters. The summed E-state index contributed by atoms with van der Waals surface area (Å²) in [6, 6.07) is 7.85. The highest BCUT2D eigenvalue weighted by molar-refractivity contribution is 7.80. The van der Waals surface area contributed by atoms with Crippen LogP contribution in [0.4, 0.5) is 22.7 Å². The van der Waals surface area contributed by atoms with E-state index in [1.807, 2.05) is 4.90 Å².